The number of alkyl halides is 5. The van der Waals surface area contributed by atoms with Gasteiger partial charge in [0.1, 0.15) is 11.9 Å². The number of allylic oxidation sites excluding steroid dienone is 1. The van der Waals surface area contributed by atoms with E-state index >= 15 is 0 Å². The highest BCUT2D eigenvalue weighted by molar-refractivity contribution is 5.43. The van der Waals surface area contributed by atoms with Crippen LogP contribution >= 0.6 is 0 Å². The van der Waals surface area contributed by atoms with Crippen LogP contribution < -0.4 is 0 Å². The Balaban J connectivity index is 1.58. The van der Waals surface area contributed by atoms with Crippen molar-refractivity contribution in [2.24, 2.45) is 22.7 Å². The number of phenolic OH excluding ortho intramolecular Hbond substituents is 1. The van der Waals surface area contributed by atoms with Gasteiger partial charge in [-0.2, -0.15) is 22.0 Å². The molecule has 0 radical (unpaired) electrons. The second kappa shape index (κ2) is 9.02. The van der Waals surface area contributed by atoms with Gasteiger partial charge in [0.25, 0.3) is 0 Å². The number of hydrogen-bond acceptors (Lipinski definition) is 3. The molecule has 3 aliphatic carbocycles. The summed E-state index contributed by atoms with van der Waals surface area (Å²) in [5, 5.41) is 30.5. The van der Waals surface area contributed by atoms with E-state index in [2.05, 4.69) is 13.5 Å². The van der Waals surface area contributed by atoms with Crippen molar-refractivity contribution >= 4 is 0 Å². The van der Waals surface area contributed by atoms with Gasteiger partial charge in [-0.25, -0.2) is 0 Å². The van der Waals surface area contributed by atoms with E-state index in [0.29, 0.717) is 19.3 Å². The van der Waals surface area contributed by atoms with E-state index in [1.54, 1.807) is 12.1 Å². The molecule has 0 amide bonds. The molecule has 7 atom stereocenters. The highest BCUT2D eigenvalue weighted by Crippen LogP contribution is 2.69. The van der Waals surface area contributed by atoms with Crippen LogP contribution in [0, 0.1) is 22.7 Å². The highest BCUT2D eigenvalue weighted by Gasteiger charge is 2.64. The summed E-state index contributed by atoms with van der Waals surface area (Å²) >= 11 is 0. The van der Waals surface area contributed by atoms with Crippen LogP contribution in [0.3, 0.4) is 0 Å². The molecule has 4 rings (SSSR count). The van der Waals surface area contributed by atoms with E-state index in [1.807, 2.05) is 12.1 Å². The number of hydrogen-bond donors (Lipinski definition) is 3. The van der Waals surface area contributed by atoms with Crippen LogP contribution in [-0.2, 0) is 6.42 Å². The minimum absolute atomic E-state index is 0.0439. The number of aromatic hydroxyl groups is 1. The van der Waals surface area contributed by atoms with Gasteiger partial charge in [0, 0.05) is 0 Å². The third-order valence-corrected chi connectivity index (χ3v) is 9.46. The maximum absolute atomic E-state index is 13.4. The summed E-state index contributed by atoms with van der Waals surface area (Å²) in [6.07, 6.45) is -2.66. The predicted molar refractivity (Wildman–Crippen MR) is 122 cm³/mol. The number of rotatable bonds is 7. The Kier molecular flexibility index (Phi) is 6.80. The minimum Gasteiger partial charge on any atom is -0.508 e. The Morgan fingerprint density at radius 2 is 1.89 bits per heavy atom. The highest BCUT2D eigenvalue weighted by atomic mass is 19.4. The zero-order chi connectivity index (χ0) is 25.8. The first kappa shape index (κ1) is 26.4. The fourth-order valence-corrected chi connectivity index (χ4v) is 7.81. The van der Waals surface area contributed by atoms with Crippen LogP contribution in [-0.4, -0.2) is 39.6 Å². The predicted octanol–water partition coefficient (Wildman–Crippen LogP) is 6.51. The van der Waals surface area contributed by atoms with Gasteiger partial charge in [-0.3, -0.25) is 0 Å². The van der Waals surface area contributed by atoms with E-state index in [0.717, 1.165) is 36.8 Å². The number of fused-ring (bicyclic) bond motifs is 5. The van der Waals surface area contributed by atoms with Gasteiger partial charge in [0.15, 0.2) is 0 Å². The SMILES string of the molecule is C=CC12CCc3cc(O)ccc3[C@H]1[C@@H](CCCCC(O)C(F)(F)C(F)(F)F)C[C@]1(C)[C@@H](O)CC[C@@H]21. The third kappa shape index (κ3) is 4.18. The zero-order valence-corrected chi connectivity index (χ0v) is 20.0. The summed E-state index contributed by atoms with van der Waals surface area (Å²) in [4.78, 5) is 0. The van der Waals surface area contributed by atoms with E-state index in [1.165, 1.54) is 0 Å². The normalized spacial score (nSPS) is 35.7. The lowest BCUT2D eigenvalue weighted by molar-refractivity contribution is -0.313. The molecule has 3 nitrogen and oxygen atoms in total. The van der Waals surface area contributed by atoms with Crippen LogP contribution in [0.4, 0.5) is 22.0 Å². The second-order valence-electron chi connectivity index (χ2n) is 11.2. The molecule has 8 heteroatoms. The number of phenols is 1. The van der Waals surface area contributed by atoms with Crippen LogP contribution in [0.5, 0.6) is 5.75 Å². The number of unbranched alkanes of at least 4 members (excludes halogenated alkanes) is 1. The van der Waals surface area contributed by atoms with E-state index in [-0.39, 0.29) is 40.8 Å². The summed E-state index contributed by atoms with van der Waals surface area (Å²) in [5.74, 6) is -4.57. The molecule has 0 bridgehead atoms. The van der Waals surface area contributed by atoms with Crippen LogP contribution in [0.1, 0.15) is 75.3 Å². The topological polar surface area (TPSA) is 60.7 Å². The first-order valence-corrected chi connectivity index (χ1v) is 12.5. The van der Waals surface area contributed by atoms with Gasteiger partial charge in [-0.1, -0.05) is 31.9 Å². The third-order valence-electron chi connectivity index (χ3n) is 9.46. The Labute approximate surface area is 203 Å². The smallest absolute Gasteiger partial charge is 0.456 e. The summed E-state index contributed by atoms with van der Waals surface area (Å²) in [5.41, 5.74) is 1.61. The molecular weight excluding hydrogens is 467 g/mol. The molecule has 0 aliphatic heterocycles. The molecule has 0 spiro atoms. The summed E-state index contributed by atoms with van der Waals surface area (Å²) in [6, 6.07) is 5.40. The second-order valence-corrected chi connectivity index (χ2v) is 11.2. The fourth-order valence-electron chi connectivity index (χ4n) is 7.81. The number of aliphatic hydroxyl groups is 2. The first-order valence-electron chi connectivity index (χ1n) is 12.5. The van der Waals surface area contributed by atoms with Gasteiger partial charge in [-0.15, -0.1) is 6.58 Å². The van der Waals surface area contributed by atoms with Crippen molar-refractivity contribution in [2.45, 2.75) is 94.9 Å². The van der Waals surface area contributed by atoms with Gasteiger partial charge in [0.05, 0.1) is 6.10 Å². The molecule has 1 aromatic rings. The molecular formula is C27H35F5O3. The fraction of sp³-hybridized carbons (Fsp3) is 0.704. The Bertz CT molecular complexity index is 947. The molecule has 0 heterocycles. The molecule has 0 saturated heterocycles. The van der Waals surface area contributed by atoms with Crippen LogP contribution in [0.25, 0.3) is 0 Å². The maximum atomic E-state index is 13.4. The molecule has 196 valence electrons. The molecule has 2 unspecified atom stereocenters. The van der Waals surface area contributed by atoms with Gasteiger partial charge >= 0.3 is 12.1 Å². The van der Waals surface area contributed by atoms with E-state index < -0.39 is 30.7 Å². The molecule has 3 aliphatic rings. The van der Waals surface area contributed by atoms with Crippen molar-refractivity contribution in [2.75, 3.05) is 0 Å². The van der Waals surface area contributed by atoms with Crippen LogP contribution in [0.15, 0.2) is 30.9 Å². The van der Waals surface area contributed by atoms with E-state index in [9.17, 15) is 37.3 Å². The summed E-state index contributed by atoms with van der Waals surface area (Å²) < 4.78 is 64.5. The van der Waals surface area contributed by atoms with Crippen molar-refractivity contribution in [3.8, 4) is 5.75 Å². The zero-order valence-electron chi connectivity index (χ0n) is 20.0. The van der Waals surface area contributed by atoms with Gasteiger partial charge < -0.3 is 15.3 Å². The number of aryl methyl sites for hydroxylation is 1. The lowest BCUT2D eigenvalue weighted by Crippen LogP contribution is -2.54. The lowest BCUT2D eigenvalue weighted by Gasteiger charge is -2.60. The maximum Gasteiger partial charge on any atom is 0.456 e. The quantitative estimate of drug-likeness (QED) is 0.226. The van der Waals surface area contributed by atoms with Crippen molar-refractivity contribution in [1.82, 2.24) is 0 Å². The standard InChI is InChI=1S/C27H35F5O3/c1-3-25-13-12-16-14-18(33)8-9-19(16)23(25)17(15-24(2)20(25)10-11-21(24)34)6-4-5-7-22(35)26(28,29)27(30,31)32/h3,8-9,14,17,20-23,33-35H,1,4-7,10-13,15H2,2H3/t17-,20+,21-,22?,23+,24-,25?/m0/s1. The molecule has 2 saturated carbocycles. The molecule has 3 N–H and O–H groups in total. The first-order chi connectivity index (χ1) is 16.3. The number of halogens is 5. The van der Waals surface area contributed by atoms with Gasteiger partial charge in [0.2, 0.25) is 0 Å². The van der Waals surface area contributed by atoms with Crippen molar-refractivity contribution in [3.63, 3.8) is 0 Å². The molecule has 35 heavy (non-hydrogen) atoms. The largest absolute Gasteiger partial charge is 0.508 e. The number of benzene rings is 1. The molecule has 2 fully saturated rings. The average Bonchev–Trinajstić information content (AvgIpc) is 3.09. The molecule has 0 aromatic heterocycles. The monoisotopic (exact) mass is 502 g/mol. The average molecular weight is 503 g/mol. The van der Waals surface area contributed by atoms with Crippen molar-refractivity contribution < 1.29 is 37.3 Å². The minimum atomic E-state index is -5.78. The van der Waals surface area contributed by atoms with E-state index in [4.69, 9.17) is 0 Å². The van der Waals surface area contributed by atoms with Crippen LogP contribution in [0.2, 0.25) is 0 Å². The Morgan fingerprint density at radius 1 is 1.17 bits per heavy atom. The van der Waals surface area contributed by atoms with Crippen molar-refractivity contribution in [3.05, 3.63) is 42.0 Å². The molecule has 1 aromatic carbocycles. The summed E-state index contributed by atoms with van der Waals surface area (Å²) in [7, 11) is 0. The number of aliphatic hydroxyl groups excluding tert-OH is 2. The van der Waals surface area contributed by atoms with Crippen molar-refractivity contribution in [1.29, 1.82) is 0 Å². The summed E-state index contributed by atoms with van der Waals surface area (Å²) in [6.45, 7) is 6.33. The lowest BCUT2D eigenvalue weighted by atomic mass is 9.44. The Hall–Kier alpha value is -1.67. The Morgan fingerprint density at radius 3 is 2.54 bits per heavy atom. The van der Waals surface area contributed by atoms with Gasteiger partial charge in [-0.05, 0) is 96.8 Å².